The predicted molar refractivity (Wildman–Crippen MR) is 111 cm³/mol. The van der Waals surface area contributed by atoms with Gasteiger partial charge in [0, 0.05) is 17.1 Å². The van der Waals surface area contributed by atoms with Crippen LogP contribution >= 0.6 is 11.6 Å². The van der Waals surface area contributed by atoms with Crippen LogP contribution in [0.2, 0.25) is 5.02 Å². The van der Waals surface area contributed by atoms with Crippen LogP contribution in [0.5, 0.6) is 11.5 Å². The van der Waals surface area contributed by atoms with Crippen LogP contribution < -0.4 is 9.64 Å². The first kappa shape index (κ1) is 20.7. The Kier molecular flexibility index (Phi) is 5.84. The van der Waals surface area contributed by atoms with Gasteiger partial charge in [-0.2, -0.15) is 0 Å². The van der Waals surface area contributed by atoms with Crippen molar-refractivity contribution >= 4 is 29.0 Å². The summed E-state index contributed by atoms with van der Waals surface area (Å²) in [6.07, 6.45) is 0.132. The number of amides is 1. The van der Waals surface area contributed by atoms with Crippen molar-refractivity contribution < 1.29 is 24.5 Å². The summed E-state index contributed by atoms with van der Waals surface area (Å²) in [4.78, 5) is 27.0. The highest BCUT2D eigenvalue weighted by molar-refractivity contribution is 6.30. The van der Waals surface area contributed by atoms with E-state index >= 15 is 0 Å². The van der Waals surface area contributed by atoms with Crippen molar-refractivity contribution in [3.63, 3.8) is 0 Å². The third-order valence-electron chi connectivity index (χ3n) is 4.85. The van der Waals surface area contributed by atoms with Gasteiger partial charge in [-0.3, -0.25) is 14.5 Å². The fourth-order valence-electron chi connectivity index (χ4n) is 3.51. The molecule has 0 aromatic heterocycles. The van der Waals surface area contributed by atoms with Crippen molar-refractivity contribution in [2.24, 2.45) is 0 Å². The third-order valence-corrected chi connectivity index (χ3v) is 5.08. The second-order valence-corrected chi connectivity index (χ2v) is 7.14. The van der Waals surface area contributed by atoms with E-state index < -0.39 is 17.7 Å². The molecule has 6 nitrogen and oxygen atoms in total. The highest BCUT2D eigenvalue weighted by Gasteiger charge is 2.44. The quantitative estimate of drug-likeness (QED) is 0.718. The van der Waals surface area contributed by atoms with Crippen molar-refractivity contribution in [1.82, 2.24) is 0 Å². The number of carbonyl (C=O) groups is 2. The molecule has 2 aromatic carbocycles. The number of ketones is 1. The standard InChI is InChI=1S/C22H22ClNO5/c1-4-16(25)19-20(13-6-9-17(26)18(11-13)29-5-2)24(22(28)21(19)27)15-8-7-14(23)10-12(15)3/h6-11,20,26-27H,4-5H2,1-3H3. The molecule has 0 aliphatic carbocycles. The number of nitrogens with zero attached hydrogens (tertiary/aromatic N) is 1. The molecule has 0 radical (unpaired) electrons. The lowest BCUT2D eigenvalue weighted by molar-refractivity contribution is -0.118. The number of phenols is 1. The Morgan fingerprint density at radius 1 is 1.17 bits per heavy atom. The lowest BCUT2D eigenvalue weighted by Gasteiger charge is -2.28. The number of aromatic hydroxyl groups is 1. The smallest absolute Gasteiger partial charge is 0.294 e. The molecule has 152 valence electrons. The number of carbonyl (C=O) groups excluding carboxylic acids is 2. The number of ether oxygens (including phenoxy) is 1. The molecule has 2 aromatic rings. The Hall–Kier alpha value is -2.99. The molecule has 0 saturated heterocycles. The molecule has 0 saturated carbocycles. The highest BCUT2D eigenvalue weighted by Crippen LogP contribution is 2.44. The van der Waals surface area contributed by atoms with E-state index in [1.54, 1.807) is 51.1 Å². The van der Waals surface area contributed by atoms with Crippen LogP contribution in [0, 0.1) is 6.92 Å². The van der Waals surface area contributed by atoms with Crippen molar-refractivity contribution in [3.8, 4) is 11.5 Å². The van der Waals surface area contributed by atoms with E-state index in [0.29, 0.717) is 22.9 Å². The van der Waals surface area contributed by atoms with Crippen LogP contribution in [-0.4, -0.2) is 28.5 Å². The van der Waals surface area contributed by atoms with Crippen LogP contribution in [0.4, 0.5) is 5.69 Å². The number of aliphatic hydroxyl groups is 1. The Morgan fingerprint density at radius 2 is 1.90 bits per heavy atom. The average molecular weight is 416 g/mol. The Balaban J connectivity index is 2.22. The zero-order valence-corrected chi connectivity index (χ0v) is 17.2. The van der Waals surface area contributed by atoms with Crippen LogP contribution in [0.25, 0.3) is 0 Å². The minimum Gasteiger partial charge on any atom is -0.504 e. The van der Waals surface area contributed by atoms with Gasteiger partial charge in [-0.25, -0.2) is 0 Å². The van der Waals surface area contributed by atoms with Crippen LogP contribution in [0.1, 0.15) is 37.4 Å². The van der Waals surface area contributed by atoms with E-state index in [9.17, 15) is 19.8 Å². The number of aliphatic hydroxyl groups excluding tert-OH is 1. The van der Waals surface area contributed by atoms with E-state index in [1.165, 1.54) is 11.0 Å². The van der Waals surface area contributed by atoms with Gasteiger partial charge in [-0.05, 0) is 55.3 Å². The van der Waals surface area contributed by atoms with Gasteiger partial charge in [0.1, 0.15) is 0 Å². The Bertz CT molecular complexity index is 1010. The summed E-state index contributed by atoms with van der Waals surface area (Å²) in [7, 11) is 0. The van der Waals surface area contributed by atoms with Gasteiger partial charge in [-0.15, -0.1) is 0 Å². The number of Topliss-reactive ketones (excluding diaryl/α,β-unsaturated/α-hetero) is 1. The topological polar surface area (TPSA) is 87.1 Å². The molecule has 1 aliphatic heterocycles. The van der Waals surface area contributed by atoms with Crippen LogP contribution in [0.3, 0.4) is 0 Å². The number of hydrogen-bond donors (Lipinski definition) is 2. The molecule has 3 rings (SSSR count). The van der Waals surface area contributed by atoms with Gasteiger partial charge >= 0.3 is 0 Å². The lowest BCUT2D eigenvalue weighted by Crippen LogP contribution is -2.31. The molecular weight excluding hydrogens is 394 g/mol. The second kappa shape index (κ2) is 8.17. The molecule has 1 aliphatic rings. The number of rotatable bonds is 6. The zero-order valence-electron chi connectivity index (χ0n) is 16.4. The number of anilines is 1. The van der Waals surface area contributed by atoms with Gasteiger partial charge in [0.2, 0.25) is 0 Å². The number of hydrogen-bond acceptors (Lipinski definition) is 5. The maximum absolute atomic E-state index is 13.0. The summed E-state index contributed by atoms with van der Waals surface area (Å²) in [5.41, 5.74) is 1.81. The van der Waals surface area contributed by atoms with Crippen LogP contribution in [-0.2, 0) is 9.59 Å². The average Bonchev–Trinajstić information content (AvgIpc) is 2.94. The Morgan fingerprint density at radius 3 is 2.52 bits per heavy atom. The summed E-state index contributed by atoms with van der Waals surface area (Å²) >= 11 is 6.05. The fourth-order valence-corrected chi connectivity index (χ4v) is 3.73. The number of phenolic OH excluding ortho intramolecular Hbond substituents is 1. The van der Waals surface area contributed by atoms with Gasteiger partial charge in [-0.1, -0.05) is 24.6 Å². The van der Waals surface area contributed by atoms with E-state index in [-0.39, 0.29) is 29.3 Å². The number of aryl methyl sites for hydroxylation is 1. The molecule has 0 bridgehead atoms. The van der Waals surface area contributed by atoms with E-state index in [0.717, 1.165) is 5.56 Å². The molecule has 0 fully saturated rings. The number of benzene rings is 2. The molecule has 2 N–H and O–H groups in total. The zero-order chi connectivity index (χ0) is 21.3. The normalized spacial score (nSPS) is 16.5. The summed E-state index contributed by atoms with van der Waals surface area (Å²) < 4.78 is 5.46. The first-order valence-electron chi connectivity index (χ1n) is 9.31. The molecule has 0 spiro atoms. The SMILES string of the molecule is CCOc1cc(C2C(C(=O)CC)=C(O)C(=O)N2c2ccc(Cl)cc2C)ccc1O. The van der Waals surface area contributed by atoms with Crippen molar-refractivity contribution in [2.45, 2.75) is 33.2 Å². The van der Waals surface area contributed by atoms with E-state index in [2.05, 4.69) is 0 Å². The van der Waals surface area contributed by atoms with E-state index in [4.69, 9.17) is 16.3 Å². The van der Waals surface area contributed by atoms with Gasteiger partial charge in [0.05, 0.1) is 18.2 Å². The van der Waals surface area contributed by atoms with Crippen molar-refractivity contribution in [3.05, 3.63) is 63.9 Å². The summed E-state index contributed by atoms with van der Waals surface area (Å²) in [5, 5.41) is 21.1. The van der Waals surface area contributed by atoms with Crippen molar-refractivity contribution in [1.29, 1.82) is 0 Å². The molecular formula is C22H22ClNO5. The third kappa shape index (κ3) is 3.68. The summed E-state index contributed by atoms with van der Waals surface area (Å²) in [5.74, 6) is -1.38. The minimum atomic E-state index is -0.852. The molecule has 1 unspecified atom stereocenters. The van der Waals surface area contributed by atoms with Gasteiger partial charge in [0.25, 0.3) is 5.91 Å². The largest absolute Gasteiger partial charge is 0.504 e. The molecule has 7 heteroatoms. The fraction of sp³-hybridized carbons (Fsp3) is 0.273. The number of halogens is 1. The highest BCUT2D eigenvalue weighted by atomic mass is 35.5. The summed E-state index contributed by atoms with van der Waals surface area (Å²) in [6, 6.07) is 8.81. The first-order valence-corrected chi connectivity index (χ1v) is 9.69. The van der Waals surface area contributed by atoms with Gasteiger partial charge in [0.15, 0.2) is 23.0 Å². The summed E-state index contributed by atoms with van der Waals surface area (Å²) in [6.45, 7) is 5.59. The molecule has 1 amide bonds. The Labute approximate surface area is 174 Å². The van der Waals surface area contributed by atoms with Gasteiger partial charge < -0.3 is 14.9 Å². The maximum Gasteiger partial charge on any atom is 0.294 e. The second-order valence-electron chi connectivity index (χ2n) is 6.71. The van der Waals surface area contributed by atoms with Crippen LogP contribution in [0.15, 0.2) is 47.7 Å². The predicted octanol–water partition coefficient (Wildman–Crippen LogP) is 4.63. The molecule has 29 heavy (non-hydrogen) atoms. The lowest BCUT2D eigenvalue weighted by atomic mass is 9.94. The maximum atomic E-state index is 13.0. The molecule has 1 atom stereocenters. The minimum absolute atomic E-state index is 0.0278. The first-order chi connectivity index (χ1) is 13.8. The van der Waals surface area contributed by atoms with Crippen molar-refractivity contribution in [2.75, 3.05) is 11.5 Å². The monoisotopic (exact) mass is 415 g/mol. The van der Waals surface area contributed by atoms with E-state index in [1.807, 2.05) is 0 Å². The molecule has 1 heterocycles.